The van der Waals surface area contributed by atoms with Crippen LogP contribution in [0.15, 0.2) is 12.2 Å². The maximum atomic E-state index is 10.2. The molecule has 0 radical (unpaired) electrons. The maximum Gasteiger partial charge on any atom is 0.0414 e. The molecule has 0 saturated heterocycles. The van der Waals surface area contributed by atoms with Crippen molar-refractivity contribution in [1.29, 1.82) is 0 Å². The van der Waals surface area contributed by atoms with Gasteiger partial charge in [0.05, 0.1) is 0 Å². The second kappa shape index (κ2) is 15.6. The highest BCUT2D eigenvalue weighted by Crippen LogP contribution is 2.16. The molecule has 21 heavy (non-hydrogen) atoms. The van der Waals surface area contributed by atoms with Gasteiger partial charge in [0.15, 0.2) is 0 Å². The van der Waals surface area contributed by atoms with E-state index >= 15 is 0 Å². The first-order valence-electron chi connectivity index (χ1n) is 9.01. The molecule has 2 nitrogen and oxygen atoms in total. The summed E-state index contributed by atoms with van der Waals surface area (Å²) in [5.41, 5.74) is 0. The largest absolute Gasteiger partial charge is 0.550 e. The van der Waals surface area contributed by atoms with Crippen molar-refractivity contribution in [2.45, 2.75) is 97.3 Å². The Kier molecular flexibility index (Phi) is 15.0. The van der Waals surface area contributed by atoms with Gasteiger partial charge in [-0.15, -0.1) is 0 Å². The van der Waals surface area contributed by atoms with Crippen molar-refractivity contribution in [1.82, 2.24) is 0 Å². The summed E-state index contributed by atoms with van der Waals surface area (Å²) in [6.07, 6.45) is 19.5. The molecule has 0 saturated carbocycles. The summed E-state index contributed by atoms with van der Waals surface area (Å²) in [5.74, 6) is -0.0959. The number of carboxylic acids is 1. The van der Waals surface area contributed by atoms with E-state index in [1.165, 1.54) is 51.4 Å². The zero-order chi connectivity index (χ0) is 15.8. The van der Waals surface area contributed by atoms with Crippen molar-refractivity contribution in [2.24, 2.45) is 5.92 Å². The molecule has 0 rings (SSSR count). The molecule has 2 heteroatoms. The van der Waals surface area contributed by atoms with Crippen LogP contribution in [0.3, 0.4) is 0 Å². The van der Waals surface area contributed by atoms with Crippen molar-refractivity contribution in [3.8, 4) is 0 Å². The molecule has 0 spiro atoms. The van der Waals surface area contributed by atoms with E-state index in [1.807, 2.05) is 0 Å². The number of carbonyl (C=O) groups excluding carboxylic acids is 1. The monoisotopic (exact) mass is 295 g/mol. The third kappa shape index (κ3) is 17.2. The van der Waals surface area contributed by atoms with Crippen LogP contribution in [0.25, 0.3) is 0 Å². The zero-order valence-electron chi connectivity index (χ0n) is 14.2. The summed E-state index contributed by atoms with van der Waals surface area (Å²) in [7, 11) is 0. The number of aliphatic carboxylic acids is 1. The van der Waals surface area contributed by atoms with Crippen LogP contribution in [-0.2, 0) is 4.79 Å². The van der Waals surface area contributed by atoms with Crippen LogP contribution in [0.5, 0.6) is 0 Å². The molecule has 0 amide bonds. The van der Waals surface area contributed by atoms with E-state index in [0.717, 1.165) is 31.6 Å². The van der Waals surface area contributed by atoms with Gasteiger partial charge in [-0.1, -0.05) is 70.9 Å². The molecule has 0 heterocycles. The molecule has 124 valence electrons. The first-order chi connectivity index (χ1) is 10.2. The average Bonchev–Trinajstić information content (AvgIpc) is 2.45. The Morgan fingerprint density at radius 1 is 0.905 bits per heavy atom. The molecule has 0 aromatic carbocycles. The fourth-order valence-electron chi connectivity index (χ4n) is 2.57. The van der Waals surface area contributed by atoms with E-state index in [-0.39, 0.29) is 6.42 Å². The fraction of sp³-hybridized carbons (Fsp3) is 0.842. The fourth-order valence-corrected chi connectivity index (χ4v) is 2.57. The predicted molar refractivity (Wildman–Crippen MR) is 89.0 cm³/mol. The summed E-state index contributed by atoms with van der Waals surface area (Å²) in [6, 6.07) is 0. The van der Waals surface area contributed by atoms with Crippen molar-refractivity contribution < 1.29 is 9.90 Å². The van der Waals surface area contributed by atoms with Gasteiger partial charge in [0.2, 0.25) is 0 Å². The molecule has 1 atom stereocenters. The van der Waals surface area contributed by atoms with Crippen molar-refractivity contribution in [3.63, 3.8) is 0 Å². The number of carbonyl (C=O) groups is 1. The molecular formula is C19H35O2-. The minimum absolute atomic E-state index is 0.198. The summed E-state index contributed by atoms with van der Waals surface area (Å²) in [4.78, 5) is 10.2. The van der Waals surface area contributed by atoms with E-state index in [1.54, 1.807) is 0 Å². The SMILES string of the molecule is CCCCCCCCC(C)CC/C=C/CCCCC(=O)[O-]. The van der Waals surface area contributed by atoms with E-state index in [2.05, 4.69) is 26.0 Å². The van der Waals surface area contributed by atoms with E-state index in [0.29, 0.717) is 0 Å². The third-order valence-corrected chi connectivity index (χ3v) is 4.04. The molecule has 0 aliphatic rings. The van der Waals surface area contributed by atoms with E-state index in [9.17, 15) is 9.90 Å². The minimum atomic E-state index is -0.928. The molecule has 0 fully saturated rings. The Bertz CT molecular complexity index is 258. The van der Waals surface area contributed by atoms with Crippen LogP contribution >= 0.6 is 0 Å². The van der Waals surface area contributed by atoms with E-state index < -0.39 is 5.97 Å². The van der Waals surface area contributed by atoms with Crippen molar-refractivity contribution >= 4 is 5.97 Å². The Hall–Kier alpha value is -0.790. The van der Waals surface area contributed by atoms with Gasteiger partial charge in [0.25, 0.3) is 0 Å². The standard InChI is InChI=1S/C19H36O2/c1-3-4-5-6-9-12-15-18(2)16-13-10-7-8-11-14-17-19(20)21/h7,10,18H,3-6,8-9,11-17H2,1-2H3,(H,20,21)/p-1/b10-7+. The molecule has 0 bridgehead atoms. The Morgan fingerprint density at radius 3 is 2.29 bits per heavy atom. The number of hydrogen-bond donors (Lipinski definition) is 0. The van der Waals surface area contributed by atoms with Crippen LogP contribution in [0.1, 0.15) is 97.3 Å². The summed E-state index contributed by atoms with van der Waals surface area (Å²) in [5, 5.41) is 10.2. The number of carboxylic acid groups (broad SMARTS) is 1. The summed E-state index contributed by atoms with van der Waals surface area (Å²) in [6.45, 7) is 4.62. The second-order valence-electron chi connectivity index (χ2n) is 6.33. The molecule has 0 N–H and O–H groups in total. The maximum absolute atomic E-state index is 10.2. The first kappa shape index (κ1) is 20.2. The number of hydrogen-bond acceptors (Lipinski definition) is 2. The van der Waals surface area contributed by atoms with Gasteiger partial charge in [-0.25, -0.2) is 0 Å². The van der Waals surface area contributed by atoms with Gasteiger partial charge >= 0.3 is 0 Å². The molecule has 0 aromatic heterocycles. The van der Waals surface area contributed by atoms with Gasteiger partial charge in [-0.2, -0.15) is 0 Å². The van der Waals surface area contributed by atoms with Crippen LogP contribution in [0.4, 0.5) is 0 Å². The van der Waals surface area contributed by atoms with Crippen LogP contribution in [-0.4, -0.2) is 5.97 Å². The smallest absolute Gasteiger partial charge is 0.0414 e. The van der Waals surface area contributed by atoms with Crippen LogP contribution in [0.2, 0.25) is 0 Å². The average molecular weight is 295 g/mol. The zero-order valence-corrected chi connectivity index (χ0v) is 14.2. The molecule has 0 aliphatic heterocycles. The minimum Gasteiger partial charge on any atom is -0.550 e. The Balaban J connectivity index is 3.28. The summed E-state index contributed by atoms with van der Waals surface area (Å²) >= 11 is 0. The number of allylic oxidation sites excluding steroid dienone is 2. The van der Waals surface area contributed by atoms with Gasteiger partial charge in [-0.05, 0) is 44.4 Å². The lowest BCUT2D eigenvalue weighted by Gasteiger charge is -2.09. The topological polar surface area (TPSA) is 40.1 Å². The molecule has 0 aromatic rings. The third-order valence-electron chi connectivity index (χ3n) is 4.04. The highest BCUT2D eigenvalue weighted by Gasteiger charge is 2.00. The highest BCUT2D eigenvalue weighted by atomic mass is 16.4. The molecule has 1 unspecified atom stereocenters. The highest BCUT2D eigenvalue weighted by molar-refractivity contribution is 5.64. The first-order valence-corrected chi connectivity index (χ1v) is 9.01. The van der Waals surface area contributed by atoms with Crippen LogP contribution in [0, 0.1) is 5.92 Å². The van der Waals surface area contributed by atoms with Crippen LogP contribution < -0.4 is 5.11 Å². The van der Waals surface area contributed by atoms with Gasteiger partial charge < -0.3 is 9.90 Å². The number of rotatable bonds is 15. The van der Waals surface area contributed by atoms with Crippen molar-refractivity contribution in [3.05, 3.63) is 12.2 Å². The van der Waals surface area contributed by atoms with E-state index in [4.69, 9.17) is 0 Å². The Labute approximate surface area is 132 Å². The molecular weight excluding hydrogens is 260 g/mol. The molecule has 0 aliphatic carbocycles. The normalized spacial score (nSPS) is 12.9. The van der Waals surface area contributed by atoms with Crippen molar-refractivity contribution in [2.75, 3.05) is 0 Å². The number of unbranched alkanes of at least 4 members (excludes halogenated alkanes) is 7. The van der Waals surface area contributed by atoms with Gasteiger partial charge in [-0.3, -0.25) is 0 Å². The lowest BCUT2D eigenvalue weighted by molar-refractivity contribution is -0.305. The lowest BCUT2D eigenvalue weighted by atomic mass is 9.97. The lowest BCUT2D eigenvalue weighted by Crippen LogP contribution is -2.21. The second-order valence-corrected chi connectivity index (χ2v) is 6.33. The Morgan fingerprint density at radius 2 is 1.57 bits per heavy atom. The van der Waals surface area contributed by atoms with Gasteiger partial charge in [0.1, 0.15) is 0 Å². The summed E-state index contributed by atoms with van der Waals surface area (Å²) < 4.78 is 0. The van der Waals surface area contributed by atoms with Gasteiger partial charge in [0, 0.05) is 5.97 Å². The quantitative estimate of drug-likeness (QED) is 0.314. The predicted octanol–water partition coefficient (Wildman–Crippen LogP) is 5.02.